The summed E-state index contributed by atoms with van der Waals surface area (Å²) in [5, 5.41) is 14.9. The summed E-state index contributed by atoms with van der Waals surface area (Å²) in [5.74, 6) is 0.0463. The molecule has 0 bridgehead atoms. The van der Waals surface area contributed by atoms with Crippen LogP contribution in [0.4, 0.5) is 0 Å². The second-order valence-corrected chi connectivity index (χ2v) is 6.09. The molecule has 0 atom stereocenters. The van der Waals surface area contributed by atoms with Crippen LogP contribution in [0.5, 0.6) is 0 Å². The van der Waals surface area contributed by atoms with Gasteiger partial charge in [-0.2, -0.15) is 5.26 Å². The number of benzene rings is 1. The first-order chi connectivity index (χ1) is 10.7. The summed E-state index contributed by atoms with van der Waals surface area (Å²) in [6.07, 6.45) is 8.17. The number of hydrogen-bond donors (Lipinski definition) is 2. The van der Waals surface area contributed by atoms with Gasteiger partial charge in [-0.15, -0.1) is 0 Å². The van der Waals surface area contributed by atoms with Gasteiger partial charge in [-0.05, 0) is 42.2 Å². The van der Waals surface area contributed by atoms with Crippen molar-refractivity contribution >= 4 is 23.1 Å². The molecule has 0 saturated heterocycles. The van der Waals surface area contributed by atoms with Gasteiger partial charge in [0.05, 0.1) is 0 Å². The van der Waals surface area contributed by atoms with E-state index < -0.39 is 0 Å². The first-order valence-corrected chi connectivity index (χ1v) is 7.65. The second kappa shape index (κ2) is 6.25. The lowest BCUT2D eigenvalue weighted by Gasteiger charge is -2.33. The van der Waals surface area contributed by atoms with E-state index in [1.165, 1.54) is 0 Å². The zero-order valence-electron chi connectivity index (χ0n) is 12.0. The number of rotatable bonds is 4. The average molecular weight is 314 g/mol. The van der Waals surface area contributed by atoms with Gasteiger partial charge < -0.3 is 10.6 Å². The van der Waals surface area contributed by atoms with Gasteiger partial charge in [-0.1, -0.05) is 29.8 Å². The van der Waals surface area contributed by atoms with Gasteiger partial charge in [-0.25, -0.2) is 0 Å². The number of nitrogens with zero attached hydrogens (tertiary/aromatic N) is 1. The Morgan fingerprint density at radius 1 is 1.36 bits per heavy atom. The highest BCUT2D eigenvalue weighted by Crippen LogP contribution is 2.30. The highest BCUT2D eigenvalue weighted by Gasteiger charge is 2.34. The van der Waals surface area contributed by atoms with E-state index in [1.54, 1.807) is 0 Å². The highest BCUT2D eigenvalue weighted by atomic mass is 35.5. The van der Waals surface area contributed by atoms with Crippen molar-refractivity contribution in [3.63, 3.8) is 0 Å². The molecule has 0 spiro atoms. The largest absolute Gasteiger partial charge is 0.329 e. The molecule has 0 unspecified atom stereocenters. The summed E-state index contributed by atoms with van der Waals surface area (Å²) in [6.45, 7) is 0. The van der Waals surface area contributed by atoms with Crippen molar-refractivity contribution in [2.75, 3.05) is 0 Å². The molecular formula is C17H16ClN3O. The normalized spacial score (nSPS) is 22.9. The molecule has 1 aromatic carbocycles. The van der Waals surface area contributed by atoms with Gasteiger partial charge in [0.1, 0.15) is 0 Å². The van der Waals surface area contributed by atoms with E-state index in [4.69, 9.17) is 16.9 Å². The summed E-state index contributed by atoms with van der Waals surface area (Å²) in [5.41, 5.74) is 3.05. The van der Waals surface area contributed by atoms with Crippen LogP contribution in [0.25, 0.3) is 5.57 Å². The van der Waals surface area contributed by atoms with Crippen molar-refractivity contribution in [3.05, 3.63) is 52.7 Å². The van der Waals surface area contributed by atoms with Gasteiger partial charge in [0.15, 0.2) is 6.19 Å². The number of carbonyl (C=O) groups excluding carboxylic acids is 1. The second-order valence-electron chi connectivity index (χ2n) is 5.65. The zero-order chi connectivity index (χ0) is 15.5. The lowest BCUT2D eigenvalue weighted by Crippen LogP contribution is -2.46. The number of amides is 1. The minimum absolute atomic E-state index is 0.00182. The lowest BCUT2D eigenvalue weighted by atomic mass is 9.79. The standard InChI is InChI=1S/C17H16ClN3O/c18-14-3-1-2-11(6-14)12-4-5-15(7-12)21-17(22)13-8-16(9-13)20-10-19/h1-4,6-7,13,16,20H,5,8-9H2,(H,21,22)/t13-,16-. The molecule has 1 saturated carbocycles. The van der Waals surface area contributed by atoms with Crippen LogP contribution in [0.1, 0.15) is 24.8 Å². The summed E-state index contributed by atoms with van der Waals surface area (Å²) >= 11 is 6.00. The molecule has 112 valence electrons. The molecule has 2 aliphatic rings. The van der Waals surface area contributed by atoms with E-state index >= 15 is 0 Å². The van der Waals surface area contributed by atoms with E-state index in [2.05, 4.69) is 16.7 Å². The number of allylic oxidation sites excluding steroid dienone is 3. The summed E-state index contributed by atoms with van der Waals surface area (Å²) in [7, 11) is 0. The van der Waals surface area contributed by atoms with Gasteiger partial charge in [0, 0.05) is 29.1 Å². The highest BCUT2D eigenvalue weighted by molar-refractivity contribution is 6.30. The van der Waals surface area contributed by atoms with Gasteiger partial charge in [-0.3, -0.25) is 4.79 Å². The molecule has 0 radical (unpaired) electrons. The molecule has 1 fully saturated rings. The van der Waals surface area contributed by atoms with Crippen LogP contribution in [-0.2, 0) is 4.79 Å². The maximum Gasteiger partial charge on any atom is 0.227 e. The Morgan fingerprint density at radius 2 is 2.18 bits per heavy atom. The van der Waals surface area contributed by atoms with Crippen LogP contribution in [0, 0.1) is 17.4 Å². The summed E-state index contributed by atoms with van der Waals surface area (Å²) < 4.78 is 0. The fourth-order valence-electron chi connectivity index (χ4n) is 2.78. The fraction of sp³-hybridized carbons (Fsp3) is 0.294. The Bertz CT molecular complexity index is 696. The Hall–Kier alpha value is -2.25. The lowest BCUT2D eigenvalue weighted by molar-refractivity contribution is -0.127. The number of nitrogens with one attached hydrogen (secondary N) is 2. The van der Waals surface area contributed by atoms with E-state index in [-0.39, 0.29) is 17.9 Å². The smallest absolute Gasteiger partial charge is 0.227 e. The summed E-state index contributed by atoms with van der Waals surface area (Å²) in [6, 6.07) is 7.83. The van der Waals surface area contributed by atoms with E-state index in [0.717, 1.165) is 36.1 Å². The SMILES string of the molecule is N#CN[C@H]1C[C@H](C(=O)NC2=CC(c3cccc(Cl)c3)=CC2)C1. The minimum atomic E-state index is 0.00182. The molecule has 0 heterocycles. The number of hydrogen-bond acceptors (Lipinski definition) is 3. The Kier molecular flexibility index (Phi) is 4.17. The van der Waals surface area contributed by atoms with Crippen molar-refractivity contribution in [1.29, 1.82) is 5.26 Å². The number of carbonyl (C=O) groups is 1. The molecule has 4 nitrogen and oxygen atoms in total. The van der Waals surface area contributed by atoms with Gasteiger partial charge >= 0.3 is 0 Å². The quantitative estimate of drug-likeness (QED) is 0.663. The van der Waals surface area contributed by atoms with Crippen molar-refractivity contribution in [1.82, 2.24) is 10.6 Å². The van der Waals surface area contributed by atoms with Crippen molar-refractivity contribution in [2.24, 2.45) is 5.92 Å². The van der Waals surface area contributed by atoms with Crippen LogP contribution < -0.4 is 10.6 Å². The third-order valence-corrected chi connectivity index (χ3v) is 4.33. The van der Waals surface area contributed by atoms with Crippen molar-refractivity contribution < 1.29 is 4.79 Å². The molecule has 0 aliphatic heterocycles. The molecule has 0 aromatic heterocycles. The monoisotopic (exact) mass is 313 g/mol. The third kappa shape index (κ3) is 3.15. The maximum atomic E-state index is 12.1. The van der Waals surface area contributed by atoms with Crippen LogP contribution in [-0.4, -0.2) is 11.9 Å². The van der Waals surface area contributed by atoms with Crippen molar-refractivity contribution in [3.8, 4) is 6.19 Å². The van der Waals surface area contributed by atoms with Gasteiger partial charge in [0.25, 0.3) is 0 Å². The number of nitriles is 1. The maximum absolute atomic E-state index is 12.1. The van der Waals surface area contributed by atoms with Crippen molar-refractivity contribution in [2.45, 2.75) is 25.3 Å². The zero-order valence-corrected chi connectivity index (χ0v) is 12.7. The van der Waals surface area contributed by atoms with E-state index in [0.29, 0.717) is 5.02 Å². The van der Waals surface area contributed by atoms with E-state index in [9.17, 15) is 4.79 Å². The molecular weight excluding hydrogens is 298 g/mol. The molecule has 5 heteroatoms. The Labute approximate surface area is 134 Å². The molecule has 22 heavy (non-hydrogen) atoms. The van der Waals surface area contributed by atoms with Crippen LogP contribution in [0.2, 0.25) is 5.02 Å². The molecule has 1 aromatic rings. The third-order valence-electron chi connectivity index (χ3n) is 4.09. The van der Waals surface area contributed by atoms with Crippen LogP contribution in [0.15, 0.2) is 42.1 Å². The van der Waals surface area contributed by atoms with Crippen LogP contribution in [0.3, 0.4) is 0 Å². The predicted molar refractivity (Wildman–Crippen MR) is 85.5 cm³/mol. The Balaban J connectivity index is 1.56. The molecule has 1 amide bonds. The Morgan fingerprint density at radius 3 is 2.91 bits per heavy atom. The summed E-state index contributed by atoms with van der Waals surface area (Å²) in [4.78, 5) is 12.1. The minimum Gasteiger partial charge on any atom is -0.329 e. The first kappa shape index (κ1) is 14.7. The predicted octanol–water partition coefficient (Wildman–Crippen LogP) is 2.98. The topological polar surface area (TPSA) is 64.9 Å². The molecule has 2 N–H and O–H groups in total. The van der Waals surface area contributed by atoms with Gasteiger partial charge in [0.2, 0.25) is 5.91 Å². The molecule has 2 aliphatic carbocycles. The average Bonchev–Trinajstić information content (AvgIpc) is 2.90. The van der Waals surface area contributed by atoms with Crippen LogP contribution >= 0.6 is 11.6 Å². The van der Waals surface area contributed by atoms with E-state index in [1.807, 2.05) is 36.5 Å². The molecule has 3 rings (SSSR count). The number of halogens is 1. The fourth-order valence-corrected chi connectivity index (χ4v) is 2.97. The first-order valence-electron chi connectivity index (χ1n) is 7.28.